The zero-order valence-corrected chi connectivity index (χ0v) is 12.1. The van der Waals surface area contributed by atoms with E-state index < -0.39 is 5.97 Å². The van der Waals surface area contributed by atoms with Crippen LogP contribution in [0.15, 0.2) is 5.38 Å². The number of hydrogen-bond donors (Lipinski definition) is 1. The predicted molar refractivity (Wildman–Crippen MR) is 72.3 cm³/mol. The molecule has 0 spiro atoms. The van der Waals surface area contributed by atoms with E-state index in [4.69, 9.17) is 4.74 Å². The summed E-state index contributed by atoms with van der Waals surface area (Å²) in [5, 5.41) is 4.62. The summed E-state index contributed by atoms with van der Waals surface area (Å²) < 4.78 is 9.24. The number of carbonyl (C=O) groups is 3. The van der Waals surface area contributed by atoms with Crippen molar-refractivity contribution in [2.75, 3.05) is 19.0 Å². The molecule has 1 N–H and O–H groups in total. The Balaban J connectivity index is 2.41. The van der Waals surface area contributed by atoms with Crippen LogP contribution < -0.4 is 5.32 Å². The van der Waals surface area contributed by atoms with E-state index in [1.54, 1.807) is 12.3 Å². The van der Waals surface area contributed by atoms with Crippen molar-refractivity contribution in [2.24, 2.45) is 0 Å². The van der Waals surface area contributed by atoms with Gasteiger partial charge in [-0.15, -0.1) is 11.3 Å². The monoisotopic (exact) mass is 300 g/mol. The van der Waals surface area contributed by atoms with Crippen molar-refractivity contribution in [1.82, 2.24) is 4.98 Å². The molecule has 0 aliphatic heterocycles. The van der Waals surface area contributed by atoms with Crippen LogP contribution in [0.2, 0.25) is 0 Å². The van der Waals surface area contributed by atoms with Gasteiger partial charge in [0.25, 0.3) is 0 Å². The van der Waals surface area contributed by atoms with Gasteiger partial charge in [0.1, 0.15) is 0 Å². The molecule has 8 heteroatoms. The van der Waals surface area contributed by atoms with Gasteiger partial charge in [0.05, 0.1) is 32.3 Å². The van der Waals surface area contributed by atoms with E-state index in [-0.39, 0.29) is 31.1 Å². The molecule has 0 unspecified atom stereocenters. The average Bonchev–Trinajstić information content (AvgIpc) is 2.83. The van der Waals surface area contributed by atoms with Crippen LogP contribution in [-0.4, -0.2) is 36.5 Å². The lowest BCUT2D eigenvalue weighted by molar-refractivity contribution is -0.142. The Morgan fingerprint density at radius 3 is 2.70 bits per heavy atom. The number of nitrogens with zero attached hydrogens (tertiary/aromatic N) is 1. The first-order valence-corrected chi connectivity index (χ1v) is 6.89. The third kappa shape index (κ3) is 5.79. The van der Waals surface area contributed by atoms with E-state index in [9.17, 15) is 14.4 Å². The Morgan fingerprint density at radius 2 is 2.05 bits per heavy atom. The van der Waals surface area contributed by atoms with Gasteiger partial charge < -0.3 is 14.8 Å². The molecule has 1 amide bonds. The molecule has 1 rings (SSSR count). The van der Waals surface area contributed by atoms with Crippen molar-refractivity contribution in [2.45, 2.75) is 26.2 Å². The SMILES string of the molecule is CCOC(=O)Cc1csc(NC(=O)CCC(=O)OC)n1. The molecule has 0 aromatic carbocycles. The zero-order valence-electron chi connectivity index (χ0n) is 11.3. The van der Waals surface area contributed by atoms with E-state index in [1.807, 2.05) is 0 Å². The average molecular weight is 300 g/mol. The number of hydrogen-bond acceptors (Lipinski definition) is 7. The van der Waals surface area contributed by atoms with E-state index in [0.717, 1.165) is 0 Å². The number of ether oxygens (including phenoxy) is 2. The van der Waals surface area contributed by atoms with Gasteiger partial charge >= 0.3 is 11.9 Å². The quantitative estimate of drug-likeness (QED) is 0.759. The topological polar surface area (TPSA) is 94.6 Å². The molecule has 0 radical (unpaired) electrons. The van der Waals surface area contributed by atoms with Gasteiger partial charge in [0.15, 0.2) is 5.13 Å². The number of esters is 2. The molecule has 0 aliphatic rings. The fourth-order valence-corrected chi connectivity index (χ4v) is 2.03. The lowest BCUT2D eigenvalue weighted by Gasteiger charge is -2.01. The van der Waals surface area contributed by atoms with E-state index in [0.29, 0.717) is 17.4 Å². The Hall–Kier alpha value is -1.96. The van der Waals surface area contributed by atoms with Crippen molar-refractivity contribution in [3.63, 3.8) is 0 Å². The number of methoxy groups -OCH3 is 1. The molecule has 20 heavy (non-hydrogen) atoms. The minimum Gasteiger partial charge on any atom is -0.469 e. The summed E-state index contributed by atoms with van der Waals surface area (Å²) in [5.74, 6) is -1.13. The molecule has 7 nitrogen and oxygen atoms in total. The largest absolute Gasteiger partial charge is 0.469 e. The van der Waals surface area contributed by atoms with Gasteiger partial charge in [-0.2, -0.15) is 0 Å². The second kappa shape index (κ2) is 8.26. The number of aromatic nitrogens is 1. The summed E-state index contributed by atoms with van der Waals surface area (Å²) in [6.07, 6.45) is 0.116. The molecular weight excluding hydrogens is 284 g/mol. The number of amides is 1. The fraction of sp³-hybridized carbons (Fsp3) is 0.500. The number of carbonyl (C=O) groups excluding carboxylic acids is 3. The molecule has 0 saturated carbocycles. The third-order valence-corrected chi connectivity index (χ3v) is 3.02. The maximum atomic E-state index is 11.5. The second-order valence-corrected chi connectivity index (χ2v) is 4.61. The van der Waals surface area contributed by atoms with Crippen LogP contribution in [0.4, 0.5) is 5.13 Å². The van der Waals surface area contributed by atoms with E-state index in [1.165, 1.54) is 18.4 Å². The summed E-state index contributed by atoms with van der Waals surface area (Å²) in [6.45, 7) is 2.05. The van der Waals surface area contributed by atoms with Gasteiger partial charge in [0, 0.05) is 11.8 Å². The van der Waals surface area contributed by atoms with Crippen molar-refractivity contribution in [1.29, 1.82) is 0 Å². The first-order chi connectivity index (χ1) is 9.55. The highest BCUT2D eigenvalue weighted by atomic mass is 32.1. The molecule has 110 valence electrons. The third-order valence-electron chi connectivity index (χ3n) is 2.21. The smallest absolute Gasteiger partial charge is 0.311 e. The maximum absolute atomic E-state index is 11.5. The highest BCUT2D eigenvalue weighted by molar-refractivity contribution is 7.13. The maximum Gasteiger partial charge on any atom is 0.311 e. The van der Waals surface area contributed by atoms with Gasteiger partial charge in [-0.25, -0.2) is 4.98 Å². The molecular formula is C12H16N2O5S. The predicted octanol–water partition coefficient (Wildman–Crippen LogP) is 1.14. The summed E-state index contributed by atoms with van der Waals surface area (Å²) in [6, 6.07) is 0. The standard InChI is InChI=1S/C12H16N2O5S/c1-3-19-11(17)6-8-7-20-12(13-8)14-9(15)4-5-10(16)18-2/h7H,3-6H2,1-2H3,(H,13,14,15). The fourth-order valence-electron chi connectivity index (χ4n) is 1.30. The minimum atomic E-state index is -0.442. The molecule has 0 atom stereocenters. The first-order valence-electron chi connectivity index (χ1n) is 6.01. The van der Waals surface area contributed by atoms with Gasteiger partial charge in [-0.05, 0) is 6.92 Å². The van der Waals surface area contributed by atoms with E-state index >= 15 is 0 Å². The molecule has 0 fully saturated rings. The summed E-state index contributed by atoms with van der Waals surface area (Å²) in [7, 11) is 1.27. The van der Waals surface area contributed by atoms with Gasteiger partial charge in [0.2, 0.25) is 5.91 Å². The van der Waals surface area contributed by atoms with Crippen LogP contribution in [-0.2, 0) is 30.3 Å². The highest BCUT2D eigenvalue weighted by Crippen LogP contribution is 2.16. The van der Waals surface area contributed by atoms with Crippen LogP contribution in [0.5, 0.6) is 0 Å². The molecule has 0 aliphatic carbocycles. The Labute approximate surface area is 120 Å². The van der Waals surface area contributed by atoms with Gasteiger partial charge in [-0.3, -0.25) is 14.4 Å². The lowest BCUT2D eigenvalue weighted by atomic mass is 10.3. The Morgan fingerprint density at radius 1 is 1.30 bits per heavy atom. The number of rotatable bonds is 7. The highest BCUT2D eigenvalue weighted by Gasteiger charge is 2.11. The summed E-state index contributed by atoms with van der Waals surface area (Å²) >= 11 is 1.21. The normalized spacial score (nSPS) is 9.90. The zero-order chi connectivity index (χ0) is 15.0. The van der Waals surface area contributed by atoms with Crippen LogP contribution in [0.1, 0.15) is 25.5 Å². The number of thiazole rings is 1. The van der Waals surface area contributed by atoms with Crippen LogP contribution >= 0.6 is 11.3 Å². The number of nitrogens with one attached hydrogen (secondary N) is 1. The molecule has 1 heterocycles. The van der Waals surface area contributed by atoms with Crippen molar-refractivity contribution in [3.05, 3.63) is 11.1 Å². The van der Waals surface area contributed by atoms with Crippen LogP contribution in [0, 0.1) is 0 Å². The van der Waals surface area contributed by atoms with E-state index in [2.05, 4.69) is 15.0 Å². The summed E-state index contributed by atoms with van der Waals surface area (Å²) in [4.78, 5) is 37.8. The summed E-state index contributed by atoms with van der Waals surface area (Å²) in [5.41, 5.74) is 0.539. The molecule has 1 aromatic heterocycles. The number of anilines is 1. The first kappa shape index (κ1) is 16.1. The molecule has 0 saturated heterocycles. The molecule has 1 aromatic rings. The van der Waals surface area contributed by atoms with Crippen LogP contribution in [0.25, 0.3) is 0 Å². The lowest BCUT2D eigenvalue weighted by Crippen LogP contribution is -2.14. The van der Waals surface area contributed by atoms with Crippen LogP contribution in [0.3, 0.4) is 0 Å². The van der Waals surface area contributed by atoms with Crippen molar-refractivity contribution < 1.29 is 23.9 Å². The minimum absolute atomic E-state index is 0.0173. The van der Waals surface area contributed by atoms with Crippen molar-refractivity contribution in [3.8, 4) is 0 Å². The van der Waals surface area contributed by atoms with Crippen molar-refractivity contribution >= 4 is 34.3 Å². The second-order valence-electron chi connectivity index (χ2n) is 3.75. The molecule has 0 bridgehead atoms. The van der Waals surface area contributed by atoms with Gasteiger partial charge in [-0.1, -0.05) is 0 Å². The Kier molecular flexibility index (Phi) is 6.65. The Bertz CT molecular complexity index is 486.